The zero-order valence-electron chi connectivity index (χ0n) is 14.0. The van der Waals surface area contributed by atoms with Crippen LogP contribution in [-0.4, -0.2) is 34.6 Å². The number of benzene rings is 2. The summed E-state index contributed by atoms with van der Waals surface area (Å²) in [5.74, 6) is -0.761. The summed E-state index contributed by atoms with van der Waals surface area (Å²) >= 11 is 0. The number of carboxylic acid groups (broad SMARTS) is 1. The Bertz CT molecular complexity index is 692. The molecule has 0 aliphatic carbocycles. The third-order valence-corrected chi connectivity index (χ3v) is 4.77. The molecular formula is C20H24N2O2. The Hall–Kier alpha value is -2.33. The lowest BCUT2D eigenvalue weighted by Crippen LogP contribution is -2.54. The molecule has 2 aromatic carbocycles. The maximum absolute atomic E-state index is 11.9. The van der Waals surface area contributed by atoms with Crippen LogP contribution in [0.15, 0.2) is 54.6 Å². The van der Waals surface area contributed by atoms with Gasteiger partial charge in [0.25, 0.3) is 0 Å². The van der Waals surface area contributed by atoms with Crippen LogP contribution in [0, 0.1) is 6.92 Å². The summed E-state index contributed by atoms with van der Waals surface area (Å²) in [5.41, 5.74) is 2.41. The zero-order chi connectivity index (χ0) is 17.0. The zero-order valence-corrected chi connectivity index (χ0v) is 14.0. The molecule has 1 fully saturated rings. The van der Waals surface area contributed by atoms with Gasteiger partial charge in [0.1, 0.15) is 5.54 Å². The van der Waals surface area contributed by atoms with Crippen molar-refractivity contribution in [2.24, 2.45) is 0 Å². The van der Waals surface area contributed by atoms with Gasteiger partial charge >= 0.3 is 5.97 Å². The van der Waals surface area contributed by atoms with E-state index in [1.165, 1.54) is 5.56 Å². The molecule has 1 saturated heterocycles. The Morgan fingerprint density at radius 2 is 1.83 bits per heavy atom. The van der Waals surface area contributed by atoms with Crippen molar-refractivity contribution in [3.05, 3.63) is 65.7 Å². The number of aliphatic carboxylic acids is 1. The third kappa shape index (κ3) is 3.77. The van der Waals surface area contributed by atoms with Crippen molar-refractivity contribution in [2.75, 3.05) is 18.4 Å². The molecule has 0 bridgehead atoms. The topological polar surface area (TPSA) is 52.6 Å². The van der Waals surface area contributed by atoms with Crippen LogP contribution >= 0.6 is 0 Å². The molecule has 0 aromatic heterocycles. The Morgan fingerprint density at radius 3 is 2.46 bits per heavy atom. The molecule has 0 radical (unpaired) electrons. The van der Waals surface area contributed by atoms with Gasteiger partial charge in [-0.3, -0.25) is 4.90 Å². The van der Waals surface area contributed by atoms with E-state index in [9.17, 15) is 9.90 Å². The summed E-state index contributed by atoms with van der Waals surface area (Å²) in [6, 6.07) is 18.2. The molecule has 1 aliphatic heterocycles. The standard InChI is InChI=1S/C20H24N2O2/c1-16-6-5-9-18(14-16)21-20(19(23)24)10-12-22(13-11-20)15-17-7-3-2-4-8-17/h2-9,14,21H,10-13,15H2,1H3,(H,23,24). The fourth-order valence-electron chi connectivity index (χ4n) is 3.33. The molecule has 4 heteroatoms. The normalized spacial score (nSPS) is 17.4. The molecule has 126 valence electrons. The monoisotopic (exact) mass is 324 g/mol. The smallest absolute Gasteiger partial charge is 0.329 e. The van der Waals surface area contributed by atoms with Gasteiger partial charge in [0.15, 0.2) is 0 Å². The van der Waals surface area contributed by atoms with E-state index in [0.29, 0.717) is 12.8 Å². The number of piperidine rings is 1. The minimum Gasteiger partial charge on any atom is -0.480 e. The Kier molecular flexibility index (Phi) is 4.86. The van der Waals surface area contributed by atoms with Crippen molar-refractivity contribution >= 4 is 11.7 Å². The number of carboxylic acids is 1. The van der Waals surface area contributed by atoms with E-state index < -0.39 is 11.5 Å². The lowest BCUT2D eigenvalue weighted by Gasteiger charge is -2.40. The highest BCUT2D eigenvalue weighted by molar-refractivity contribution is 5.83. The number of rotatable bonds is 5. The average molecular weight is 324 g/mol. The van der Waals surface area contributed by atoms with E-state index in [0.717, 1.165) is 30.9 Å². The molecule has 0 unspecified atom stereocenters. The fraction of sp³-hybridized carbons (Fsp3) is 0.350. The first kappa shape index (κ1) is 16.5. The van der Waals surface area contributed by atoms with Crippen LogP contribution in [0.3, 0.4) is 0 Å². The number of likely N-dealkylation sites (tertiary alicyclic amines) is 1. The summed E-state index contributed by atoms with van der Waals surface area (Å²) in [6.07, 6.45) is 1.20. The maximum Gasteiger partial charge on any atom is 0.329 e. The molecule has 0 spiro atoms. The van der Waals surface area contributed by atoms with Crippen molar-refractivity contribution in [3.8, 4) is 0 Å². The van der Waals surface area contributed by atoms with Crippen LogP contribution in [0.25, 0.3) is 0 Å². The first-order chi connectivity index (χ1) is 11.6. The van der Waals surface area contributed by atoms with Crippen molar-refractivity contribution in [3.63, 3.8) is 0 Å². The molecule has 0 saturated carbocycles. The van der Waals surface area contributed by atoms with Crippen LogP contribution < -0.4 is 5.32 Å². The molecular weight excluding hydrogens is 300 g/mol. The first-order valence-electron chi connectivity index (χ1n) is 8.42. The van der Waals surface area contributed by atoms with Gasteiger partial charge in [-0.05, 0) is 43.0 Å². The molecule has 1 aliphatic rings. The summed E-state index contributed by atoms with van der Waals surface area (Å²) in [5, 5.41) is 13.1. The second kappa shape index (κ2) is 7.05. The third-order valence-electron chi connectivity index (χ3n) is 4.77. The highest BCUT2D eigenvalue weighted by Gasteiger charge is 2.41. The predicted octanol–water partition coefficient (Wildman–Crippen LogP) is 3.53. The van der Waals surface area contributed by atoms with Crippen LogP contribution in [-0.2, 0) is 11.3 Å². The number of nitrogens with one attached hydrogen (secondary N) is 1. The Balaban J connectivity index is 1.67. The molecule has 3 rings (SSSR count). The minimum absolute atomic E-state index is 0.600. The van der Waals surface area contributed by atoms with Crippen LogP contribution in [0.4, 0.5) is 5.69 Å². The van der Waals surface area contributed by atoms with Gasteiger partial charge < -0.3 is 10.4 Å². The molecule has 4 nitrogen and oxygen atoms in total. The maximum atomic E-state index is 11.9. The highest BCUT2D eigenvalue weighted by atomic mass is 16.4. The van der Waals surface area contributed by atoms with Gasteiger partial charge in [-0.2, -0.15) is 0 Å². The molecule has 2 N–H and O–H groups in total. The Labute approximate surface area is 143 Å². The van der Waals surface area contributed by atoms with Gasteiger partial charge in [0.2, 0.25) is 0 Å². The summed E-state index contributed by atoms with van der Waals surface area (Å²) in [4.78, 5) is 14.3. The number of hydrogen-bond donors (Lipinski definition) is 2. The van der Waals surface area contributed by atoms with Crippen molar-refractivity contribution < 1.29 is 9.90 Å². The number of hydrogen-bond acceptors (Lipinski definition) is 3. The van der Waals surface area contributed by atoms with E-state index in [1.807, 2.05) is 49.4 Å². The fourth-order valence-corrected chi connectivity index (χ4v) is 3.33. The van der Waals surface area contributed by atoms with Crippen molar-refractivity contribution in [1.82, 2.24) is 4.90 Å². The van der Waals surface area contributed by atoms with Gasteiger partial charge in [0.05, 0.1) is 0 Å². The quantitative estimate of drug-likeness (QED) is 0.883. The van der Waals surface area contributed by atoms with E-state index in [2.05, 4.69) is 22.3 Å². The molecule has 0 atom stereocenters. The number of nitrogens with zero attached hydrogens (tertiary/aromatic N) is 1. The van der Waals surface area contributed by atoms with E-state index in [-0.39, 0.29) is 0 Å². The van der Waals surface area contributed by atoms with Crippen LogP contribution in [0.2, 0.25) is 0 Å². The molecule has 2 aromatic rings. The van der Waals surface area contributed by atoms with E-state index in [1.54, 1.807) is 0 Å². The molecule has 0 amide bonds. The van der Waals surface area contributed by atoms with E-state index in [4.69, 9.17) is 0 Å². The van der Waals surface area contributed by atoms with Gasteiger partial charge in [0, 0.05) is 25.3 Å². The van der Waals surface area contributed by atoms with Gasteiger partial charge in [-0.25, -0.2) is 4.79 Å². The van der Waals surface area contributed by atoms with Crippen LogP contribution in [0.1, 0.15) is 24.0 Å². The second-order valence-corrected chi connectivity index (χ2v) is 6.64. The van der Waals surface area contributed by atoms with Crippen molar-refractivity contribution in [2.45, 2.75) is 31.8 Å². The summed E-state index contributed by atoms with van der Waals surface area (Å²) < 4.78 is 0. The largest absolute Gasteiger partial charge is 0.480 e. The predicted molar refractivity (Wildman–Crippen MR) is 96.1 cm³/mol. The van der Waals surface area contributed by atoms with E-state index >= 15 is 0 Å². The Morgan fingerprint density at radius 1 is 1.12 bits per heavy atom. The molecule has 1 heterocycles. The number of carbonyl (C=O) groups is 1. The van der Waals surface area contributed by atoms with Crippen LogP contribution in [0.5, 0.6) is 0 Å². The SMILES string of the molecule is Cc1cccc(NC2(C(=O)O)CCN(Cc3ccccc3)CC2)c1. The number of anilines is 1. The minimum atomic E-state index is -0.874. The lowest BCUT2D eigenvalue weighted by atomic mass is 9.87. The lowest BCUT2D eigenvalue weighted by molar-refractivity contribution is -0.144. The first-order valence-corrected chi connectivity index (χ1v) is 8.42. The van der Waals surface area contributed by atoms with Crippen molar-refractivity contribution in [1.29, 1.82) is 0 Å². The van der Waals surface area contributed by atoms with Gasteiger partial charge in [-0.15, -0.1) is 0 Å². The number of aryl methyl sites for hydroxylation is 1. The highest BCUT2D eigenvalue weighted by Crippen LogP contribution is 2.28. The summed E-state index contributed by atoms with van der Waals surface area (Å²) in [6.45, 7) is 4.45. The second-order valence-electron chi connectivity index (χ2n) is 6.64. The summed E-state index contributed by atoms with van der Waals surface area (Å²) in [7, 11) is 0. The van der Waals surface area contributed by atoms with Gasteiger partial charge in [-0.1, -0.05) is 42.5 Å². The average Bonchev–Trinajstić information content (AvgIpc) is 2.57. The molecule has 24 heavy (non-hydrogen) atoms.